The molecule has 0 bridgehead atoms. The SMILES string of the molecule is C[C@H]([NH2+]C1CCCCCCC1)C(=O)Nc1ccc(C#N)cc1. The summed E-state index contributed by atoms with van der Waals surface area (Å²) in [4.78, 5) is 12.3. The second-order valence-electron chi connectivity index (χ2n) is 6.26. The van der Waals surface area contributed by atoms with E-state index in [0.717, 1.165) is 5.69 Å². The molecule has 22 heavy (non-hydrogen) atoms. The molecular weight excluding hydrogens is 274 g/mol. The summed E-state index contributed by atoms with van der Waals surface area (Å²) < 4.78 is 0. The average Bonchev–Trinajstić information content (AvgIpc) is 2.50. The van der Waals surface area contributed by atoms with E-state index in [0.29, 0.717) is 11.6 Å². The number of nitrogens with one attached hydrogen (secondary N) is 1. The molecular formula is C18H26N3O+. The van der Waals surface area contributed by atoms with Crippen molar-refractivity contribution < 1.29 is 10.1 Å². The van der Waals surface area contributed by atoms with Crippen LogP contribution in [-0.4, -0.2) is 18.0 Å². The van der Waals surface area contributed by atoms with Gasteiger partial charge in [0.2, 0.25) is 0 Å². The quantitative estimate of drug-likeness (QED) is 0.897. The zero-order chi connectivity index (χ0) is 15.8. The highest BCUT2D eigenvalue weighted by Gasteiger charge is 2.22. The Morgan fingerprint density at radius 3 is 2.36 bits per heavy atom. The Hall–Kier alpha value is -1.86. The topological polar surface area (TPSA) is 69.5 Å². The van der Waals surface area contributed by atoms with Gasteiger partial charge in [0.1, 0.15) is 0 Å². The van der Waals surface area contributed by atoms with Crippen molar-refractivity contribution in [2.75, 3.05) is 5.32 Å². The van der Waals surface area contributed by atoms with Crippen molar-refractivity contribution in [3.8, 4) is 6.07 Å². The normalized spacial score (nSPS) is 17.8. The largest absolute Gasteiger partial charge is 0.334 e. The van der Waals surface area contributed by atoms with Gasteiger partial charge in [0.05, 0.1) is 17.7 Å². The van der Waals surface area contributed by atoms with Crippen LogP contribution in [0.15, 0.2) is 24.3 Å². The summed E-state index contributed by atoms with van der Waals surface area (Å²) in [6, 6.07) is 9.56. The first-order valence-electron chi connectivity index (χ1n) is 8.35. The van der Waals surface area contributed by atoms with Crippen LogP contribution in [-0.2, 0) is 4.79 Å². The van der Waals surface area contributed by atoms with Crippen molar-refractivity contribution in [3.63, 3.8) is 0 Å². The fourth-order valence-electron chi connectivity index (χ4n) is 3.06. The van der Waals surface area contributed by atoms with Gasteiger partial charge in [-0.05, 0) is 56.9 Å². The third kappa shape index (κ3) is 5.16. The number of nitriles is 1. The van der Waals surface area contributed by atoms with Gasteiger partial charge in [-0.15, -0.1) is 0 Å². The summed E-state index contributed by atoms with van der Waals surface area (Å²) in [6.07, 6.45) is 9.02. The summed E-state index contributed by atoms with van der Waals surface area (Å²) >= 11 is 0. The number of anilines is 1. The average molecular weight is 300 g/mol. The van der Waals surface area contributed by atoms with Crippen LogP contribution in [0.3, 0.4) is 0 Å². The van der Waals surface area contributed by atoms with Gasteiger partial charge in [-0.3, -0.25) is 4.79 Å². The highest BCUT2D eigenvalue weighted by atomic mass is 16.2. The third-order valence-corrected chi connectivity index (χ3v) is 4.41. The number of nitrogens with two attached hydrogens (primary N) is 1. The molecule has 4 heteroatoms. The van der Waals surface area contributed by atoms with Gasteiger partial charge in [0.25, 0.3) is 5.91 Å². The van der Waals surface area contributed by atoms with Crippen molar-refractivity contribution >= 4 is 11.6 Å². The molecule has 0 aliphatic heterocycles. The first kappa shape index (κ1) is 16.5. The minimum atomic E-state index is -0.0833. The van der Waals surface area contributed by atoms with Gasteiger partial charge in [-0.25, -0.2) is 0 Å². The Morgan fingerprint density at radius 1 is 1.18 bits per heavy atom. The van der Waals surface area contributed by atoms with E-state index < -0.39 is 0 Å². The third-order valence-electron chi connectivity index (χ3n) is 4.41. The standard InChI is InChI=1S/C18H25N3O/c1-14(20-16-7-5-3-2-4-6-8-16)18(22)21-17-11-9-15(13-19)10-12-17/h9-12,14,16,20H,2-8H2,1H3,(H,21,22)/p+1/t14-/m0/s1. The number of quaternary nitrogens is 1. The lowest BCUT2D eigenvalue weighted by Gasteiger charge is -2.21. The summed E-state index contributed by atoms with van der Waals surface area (Å²) in [6.45, 7) is 1.97. The first-order chi connectivity index (χ1) is 10.7. The maximum absolute atomic E-state index is 12.3. The molecule has 1 saturated carbocycles. The molecule has 0 spiro atoms. The van der Waals surface area contributed by atoms with Gasteiger partial charge in [-0.1, -0.05) is 19.3 Å². The van der Waals surface area contributed by atoms with Crippen LogP contribution in [0.1, 0.15) is 57.4 Å². The Kier molecular flexibility index (Phi) is 6.42. The number of nitrogens with zero attached hydrogens (tertiary/aromatic N) is 1. The zero-order valence-electron chi connectivity index (χ0n) is 13.3. The van der Waals surface area contributed by atoms with E-state index in [2.05, 4.69) is 16.7 Å². The predicted octanol–water partition coefficient (Wildman–Crippen LogP) is 2.56. The lowest BCUT2D eigenvalue weighted by Crippen LogP contribution is -2.96. The molecule has 1 aromatic carbocycles. The van der Waals surface area contributed by atoms with Crippen LogP contribution in [0.5, 0.6) is 0 Å². The Bertz CT molecular complexity index is 510. The van der Waals surface area contributed by atoms with Crippen LogP contribution in [0.4, 0.5) is 5.69 Å². The van der Waals surface area contributed by atoms with Crippen molar-refractivity contribution in [2.45, 2.75) is 64.0 Å². The summed E-state index contributed by atoms with van der Waals surface area (Å²) in [5, 5.41) is 13.9. The highest BCUT2D eigenvalue weighted by Crippen LogP contribution is 2.15. The van der Waals surface area contributed by atoms with Crippen LogP contribution < -0.4 is 10.6 Å². The molecule has 1 aliphatic carbocycles. The van der Waals surface area contributed by atoms with E-state index in [1.165, 1.54) is 44.9 Å². The molecule has 1 aromatic rings. The van der Waals surface area contributed by atoms with E-state index in [-0.39, 0.29) is 11.9 Å². The molecule has 1 atom stereocenters. The van der Waals surface area contributed by atoms with Gasteiger partial charge < -0.3 is 10.6 Å². The fraction of sp³-hybridized carbons (Fsp3) is 0.556. The Labute approximate surface area is 132 Å². The molecule has 0 aromatic heterocycles. The lowest BCUT2D eigenvalue weighted by molar-refractivity contribution is -0.707. The summed E-state index contributed by atoms with van der Waals surface area (Å²) in [7, 11) is 0. The maximum Gasteiger partial charge on any atom is 0.282 e. The molecule has 1 amide bonds. The Morgan fingerprint density at radius 2 is 1.77 bits per heavy atom. The second-order valence-corrected chi connectivity index (χ2v) is 6.26. The number of carbonyl (C=O) groups excluding carboxylic acids is 1. The van der Waals surface area contributed by atoms with Crippen LogP contribution >= 0.6 is 0 Å². The van der Waals surface area contributed by atoms with Crippen molar-refractivity contribution in [1.82, 2.24) is 0 Å². The predicted molar refractivity (Wildman–Crippen MR) is 87.3 cm³/mol. The minimum absolute atomic E-state index is 0.0340. The van der Waals surface area contributed by atoms with Gasteiger partial charge >= 0.3 is 0 Å². The molecule has 0 saturated heterocycles. The monoisotopic (exact) mass is 300 g/mol. The fourth-order valence-corrected chi connectivity index (χ4v) is 3.06. The van der Waals surface area contributed by atoms with E-state index in [1.54, 1.807) is 24.3 Å². The van der Waals surface area contributed by atoms with Gasteiger partial charge in [-0.2, -0.15) is 5.26 Å². The van der Waals surface area contributed by atoms with Gasteiger partial charge in [0.15, 0.2) is 6.04 Å². The lowest BCUT2D eigenvalue weighted by atomic mass is 9.96. The first-order valence-corrected chi connectivity index (χ1v) is 8.35. The number of rotatable bonds is 4. The molecule has 1 fully saturated rings. The number of carbonyl (C=O) groups is 1. The van der Waals surface area contributed by atoms with E-state index in [9.17, 15) is 4.79 Å². The van der Waals surface area contributed by atoms with Crippen molar-refractivity contribution in [2.24, 2.45) is 0 Å². The van der Waals surface area contributed by atoms with E-state index in [1.807, 2.05) is 6.92 Å². The molecule has 1 aliphatic rings. The second kappa shape index (κ2) is 8.55. The smallest absolute Gasteiger partial charge is 0.282 e. The summed E-state index contributed by atoms with van der Waals surface area (Å²) in [5.41, 5.74) is 1.36. The van der Waals surface area contributed by atoms with Crippen LogP contribution in [0.2, 0.25) is 0 Å². The molecule has 2 rings (SSSR count). The van der Waals surface area contributed by atoms with E-state index >= 15 is 0 Å². The summed E-state index contributed by atoms with van der Waals surface area (Å²) in [5.74, 6) is 0.0340. The van der Waals surface area contributed by atoms with Crippen LogP contribution in [0.25, 0.3) is 0 Å². The highest BCUT2D eigenvalue weighted by molar-refractivity contribution is 5.93. The van der Waals surface area contributed by atoms with E-state index in [4.69, 9.17) is 5.26 Å². The molecule has 0 radical (unpaired) electrons. The molecule has 4 nitrogen and oxygen atoms in total. The van der Waals surface area contributed by atoms with Crippen molar-refractivity contribution in [3.05, 3.63) is 29.8 Å². The zero-order valence-corrected chi connectivity index (χ0v) is 13.3. The maximum atomic E-state index is 12.3. The molecule has 0 heterocycles. The molecule has 3 N–H and O–H groups in total. The number of hydrogen-bond acceptors (Lipinski definition) is 2. The Balaban J connectivity index is 1.83. The minimum Gasteiger partial charge on any atom is -0.334 e. The van der Waals surface area contributed by atoms with Gasteiger partial charge in [0, 0.05) is 5.69 Å². The molecule has 0 unspecified atom stereocenters. The molecule has 118 valence electrons. The van der Waals surface area contributed by atoms with Crippen LogP contribution in [0, 0.1) is 11.3 Å². The number of benzene rings is 1. The number of hydrogen-bond donors (Lipinski definition) is 2. The number of amides is 1. The van der Waals surface area contributed by atoms with Crippen molar-refractivity contribution in [1.29, 1.82) is 5.26 Å².